The fourth-order valence-corrected chi connectivity index (χ4v) is 6.20. The Labute approximate surface area is 198 Å². The van der Waals surface area contributed by atoms with Crippen LogP contribution in [0.5, 0.6) is 11.5 Å². The van der Waals surface area contributed by atoms with E-state index in [1.807, 2.05) is 25.1 Å². The highest BCUT2D eigenvalue weighted by atomic mass is 35.5. The van der Waals surface area contributed by atoms with Gasteiger partial charge in [0.1, 0.15) is 17.0 Å². The molecule has 0 bridgehead atoms. The normalized spacial score (nSPS) is 25.9. The van der Waals surface area contributed by atoms with Crippen molar-refractivity contribution < 1.29 is 19.1 Å². The summed E-state index contributed by atoms with van der Waals surface area (Å²) in [4.78, 5) is 32.0. The molecule has 0 unspecified atom stereocenters. The quantitative estimate of drug-likeness (QED) is 0.715. The Balaban J connectivity index is 1.61. The monoisotopic (exact) mass is 469 g/mol. The molecule has 3 aliphatic rings. The molecule has 0 aromatic heterocycles. The zero-order valence-electron chi connectivity index (χ0n) is 19.1. The number of benzene rings is 2. The third kappa shape index (κ3) is 3.13. The van der Waals surface area contributed by atoms with Crippen LogP contribution in [0.4, 0.5) is 11.4 Å². The molecule has 3 aliphatic heterocycles. The number of hydrogen-bond acceptors (Lipinski definition) is 5. The number of fused-ring (bicyclic) bond motifs is 4. The number of hydrogen-bond donors (Lipinski definition) is 1. The summed E-state index contributed by atoms with van der Waals surface area (Å²) in [7, 11) is 3.13. The van der Waals surface area contributed by atoms with Crippen LogP contribution in [-0.4, -0.2) is 50.1 Å². The van der Waals surface area contributed by atoms with Crippen molar-refractivity contribution in [2.75, 3.05) is 37.5 Å². The summed E-state index contributed by atoms with van der Waals surface area (Å²) in [6.45, 7) is 3.28. The minimum atomic E-state index is -1.05. The van der Waals surface area contributed by atoms with Gasteiger partial charge < -0.3 is 19.7 Å². The van der Waals surface area contributed by atoms with E-state index in [0.717, 1.165) is 30.6 Å². The number of carbonyl (C=O) groups excluding carboxylic acids is 2. The zero-order chi connectivity index (χ0) is 23.3. The second kappa shape index (κ2) is 8.22. The van der Waals surface area contributed by atoms with Gasteiger partial charge in [-0.05, 0) is 63.1 Å². The van der Waals surface area contributed by atoms with E-state index in [1.165, 1.54) is 0 Å². The van der Waals surface area contributed by atoms with Crippen molar-refractivity contribution in [2.45, 2.75) is 37.8 Å². The summed E-state index contributed by atoms with van der Waals surface area (Å²) < 4.78 is 10.8. The maximum Gasteiger partial charge on any atom is 0.253 e. The molecule has 3 atom stereocenters. The van der Waals surface area contributed by atoms with Gasteiger partial charge in [-0.15, -0.1) is 0 Å². The molecule has 0 saturated carbocycles. The van der Waals surface area contributed by atoms with Crippen LogP contribution < -0.4 is 19.7 Å². The lowest BCUT2D eigenvalue weighted by Gasteiger charge is -2.37. The summed E-state index contributed by atoms with van der Waals surface area (Å²) in [6, 6.07) is 11.0. The highest BCUT2D eigenvalue weighted by Crippen LogP contribution is 2.57. The Morgan fingerprint density at radius 1 is 1.21 bits per heavy atom. The van der Waals surface area contributed by atoms with Crippen LogP contribution in [0.2, 0.25) is 5.02 Å². The highest BCUT2D eigenvalue weighted by molar-refractivity contribution is 6.31. The van der Waals surface area contributed by atoms with Gasteiger partial charge in [-0.1, -0.05) is 11.6 Å². The van der Waals surface area contributed by atoms with Gasteiger partial charge in [0.25, 0.3) is 5.91 Å². The number of amides is 2. The second-order valence-corrected chi connectivity index (χ2v) is 9.25. The number of rotatable bonds is 5. The van der Waals surface area contributed by atoms with E-state index >= 15 is 0 Å². The average Bonchev–Trinajstić information content (AvgIpc) is 3.46. The van der Waals surface area contributed by atoms with Crippen LogP contribution in [0.1, 0.15) is 31.7 Å². The lowest BCUT2D eigenvalue weighted by Crippen LogP contribution is -2.55. The lowest BCUT2D eigenvalue weighted by atomic mass is 9.78. The van der Waals surface area contributed by atoms with Crippen LogP contribution >= 0.6 is 11.6 Å². The molecule has 0 radical (unpaired) electrons. The number of likely N-dealkylation sites (N-methyl/N-ethyl adjacent to an activating group) is 1. The van der Waals surface area contributed by atoms with Gasteiger partial charge in [-0.2, -0.15) is 0 Å². The van der Waals surface area contributed by atoms with Crippen molar-refractivity contribution in [3.05, 3.63) is 47.0 Å². The molecule has 1 N–H and O–H groups in total. The molecule has 2 fully saturated rings. The van der Waals surface area contributed by atoms with E-state index in [0.29, 0.717) is 35.2 Å². The Kier molecular flexibility index (Phi) is 5.49. The van der Waals surface area contributed by atoms with Crippen LogP contribution in [0.15, 0.2) is 36.4 Å². The molecule has 2 amide bonds. The van der Waals surface area contributed by atoms with E-state index in [4.69, 9.17) is 21.1 Å². The van der Waals surface area contributed by atoms with Crippen LogP contribution in [-0.2, 0) is 15.1 Å². The first kappa shape index (κ1) is 22.0. The van der Waals surface area contributed by atoms with Gasteiger partial charge in [-0.25, -0.2) is 0 Å². The third-order valence-electron chi connectivity index (χ3n) is 7.37. The standard InChI is InChI=1S/C25H28ClN3O4/c1-4-28-21-9-7-15(26)12-18(21)25(24(28)31)19(13-16-6-5-11-29(16)25)23(30)27-20-14-17(32-2)8-10-22(20)33-3/h7-10,12,14,16,19H,4-6,11,13H2,1-3H3,(H,27,30)/t16-,19-,25+/m1/s1. The average molecular weight is 470 g/mol. The van der Waals surface area contributed by atoms with Crippen LogP contribution in [0, 0.1) is 5.92 Å². The summed E-state index contributed by atoms with van der Waals surface area (Å²) >= 11 is 6.42. The second-order valence-electron chi connectivity index (χ2n) is 8.81. The summed E-state index contributed by atoms with van der Waals surface area (Å²) in [5.74, 6) is 0.352. The number of nitrogens with one attached hydrogen (secondary N) is 1. The molecule has 7 nitrogen and oxygen atoms in total. The summed E-state index contributed by atoms with van der Waals surface area (Å²) in [6.07, 6.45) is 2.61. The molecular weight excluding hydrogens is 442 g/mol. The lowest BCUT2D eigenvalue weighted by molar-refractivity contribution is -0.136. The molecule has 33 heavy (non-hydrogen) atoms. The fraction of sp³-hybridized carbons (Fsp3) is 0.440. The molecule has 174 valence electrons. The van der Waals surface area contributed by atoms with E-state index in [-0.39, 0.29) is 17.9 Å². The summed E-state index contributed by atoms with van der Waals surface area (Å²) in [5, 5.41) is 3.61. The van der Waals surface area contributed by atoms with Crippen LogP contribution in [0.3, 0.4) is 0 Å². The van der Waals surface area contributed by atoms with Gasteiger partial charge in [0.15, 0.2) is 0 Å². The number of halogens is 1. The maximum absolute atomic E-state index is 14.1. The van der Waals surface area contributed by atoms with Gasteiger partial charge >= 0.3 is 0 Å². The highest BCUT2D eigenvalue weighted by Gasteiger charge is 2.67. The van der Waals surface area contributed by atoms with Crippen molar-refractivity contribution >= 4 is 34.8 Å². The zero-order valence-corrected chi connectivity index (χ0v) is 19.8. The smallest absolute Gasteiger partial charge is 0.253 e. The molecule has 1 spiro atoms. The van der Waals surface area contributed by atoms with E-state index in [9.17, 15) is 9.59 Å². The SMILES string of the molecule is CCN1C(=O)[C@]2(c3cc(Cl)ccc31)[C@@H](C(=O)Nc1cc(OC)ccc1OC)C[C@H]1CCCN12. The molecule has 3 heterocycles. The first-order valence-electron chi connectivity index (χ1n) is 11.4. The number of methoxy groups -OCH3 is 2. The molecule has 5 rings (SSSR count). The molecule has 2 aromatic rings. The minimum Gasteiger partial charge on any atom is -0.497 e. The molecule has 2 aromatic carbocycles. The van der Waals surface area contributed by atoms with Crippen molar-refractivity contribution in [2.24, 2.45) is 5.92 Å². The van der Waals surface area contributed by atoms with Crippen molar-refractivity contribution in [3.63, 3.8) is 0 Å². The first-order chi connectivity index (χ1) is 15.9. The molecule has 2 saturated heterocycles. The van der Waals surface area contributed by atoms with E-state index in [1.54, 1.807) is 37.3 Å². The van der Waals surface area contributed by atoms with Crippen molar-refractivity contribution in [1.82, 2.24) is 4.90 Å². The first-order valence-corrected chi connectivity index (χ1v) is 11.7. The third-order valence-corrected chi connectivity index (χ3v) is 7.61. The largest absolute Gasteiger partial charge is 0.497 e. The van der Waals surface area contributed by atoms with Gasteiger partial charge in [0.2, 0.25) is 5.91 Å². The molecular formula is C25H28ClN3O4. The maximum atomic E-state index is 14.1. The van der Waals surface area contributed by atoms with E-state index < -0.39 is 11.5 Å². The number of nitrogens with zero attached hydrogens (tertiary/aromatic N) is 2. The predicted octanol–water partition coefficient (Wildman–Crippen LogP) is 4.04. The molecule has 8 heteroatoms. The number of carbonyl (C=O) groups is 2. The Bertz CT molecular complexity index is 1120. The Morgan fingerprint density at radius 2 is 2.03 bits per heavy atom. The summed E-state index contributed by atoms with van der Waals surface area (Å²) in [5.41, 5.74) is 1.15. The Hall–Kier alpha value is -2.77. The van der Waals surface area contributed by atoms with Gasteiger partial charge in [-0.3, -0.25) is 14.5 Å². The molecule has 0 aliphatic carbocycles. The van der Waals surface area contributed by atoms with E-state index in [2.05, 4.69) is 10.2 Å². The number of anilines is 2. The van der Waals surface area contributed by atoms with Crippen molar-refractivity contribution in [1.29, 1.82) is 0 Å². The fourth-order valence-electron chi connectivity index (χ4n) is 6.02. The topological polar surface area (TPSA) is 71.1 Å². The van der Waals surface area contributed by atoms with Gasteiger partial charge in [0, 0.05) is 34.9 Å². The predicted molar refractivity (Wildman–Crippen MR) is 127 cm³/mol. The Morgan fingerprint density at radius 3 is 2.76 bits per heavy atom. The minimum absolute atomic E-state index is 0.0376. The van der Waals surface area contributed by atoms with Crippen LogP contribution in [0.25, 0.3) is 0 Å². The number of ether oxygens (including phenoxy) is 2. The van der Waals surface area contributed by atoms with Crippen molar-refractivity contribution in [3.8, 4) is 11.5 Å². The van der Waals surface area contributed by atoms with Gasteiger partial charge in [0.05, 0.1) is 25.8 Å².